The number of hydrogen-bond donors (Lipinski definition) is 3. The molecular weight excluding hydrogens is 772 g/mol. The van der Waals surface area contributed by atoms with E-state index in [1.54, 1.807) is 13.0 Å². The van der Waals surface area contributed by atoms with Crippen LogP contribution in [-0.4, -0.2) is 76.9 Å². The highest BCUT2D eigenvalue weighted by Gasteiger charge is 2.49. The van der Waals surface area contributed by atoms with Crippen LogP contribution >= 0.6 is 0 Å². The number of nitriles is 1. The first kappa shape index (κ1) is 40.2. The topological polar surface area (TPSA) is 143 Å². The number of hydrogen-bond acceptors (Lipinski definition) is 11. The summed E-state index contributed by atoms with van der Waals surface area (Å²) >= 11 is 0. The fourth-order valence-electron chi connectivity index (χ4n) is 8.50. The molecule has 2 saturated heterocycles. The average Bonchev–Trinajstić information content (AvgIpc) is 3.76. The average molecular weight is 815 g/mol. The van der Waals surface area contributed by atoms with E-state index >= 15 is 4.39 Å². The van der Waals surface area contributed by atoms with E-state index in [9.17, 15) is 22.8 Å². The van der Waals surface area contributed by atoms with E-state index in [1.165, 1.54) is 0 Å². The van der Waals surface area contributed by atoms with Crippen LogP contribution in [0, 0.1) is 29.9 Å². The Bertz CT molecular complexity index is 2430. The third kappa shape index (κ3) is 7.94. The zero-order valence-electron chi connectivity index (χ0n) is 32.6. The number of aromatic nitrogens is 3. The maximum Gasteiger partial charge on any atom is 0.417 e. The minimum Gasteiger partial charge on any atom is -0.474 e. The smallest absolute Gasteiger partial charge is 0.417 e. The van der Waals surface area contributed by atoms with Crippen LogP contribution < -0.4 is 25.8 Å². The van der Waals surface area contributed by atoms with Crippen LogP contribution in [0.4, 0.5) is 33.5 Å². The Balaban J connectivity index is 1.09. The number of rotatable bonds is 8. The van der Waals surface area contributed by atoms with Gasteiger partial charge in [-0.25, -0.2) is 13.8 Å². The molecule has 4 N–H and O–H groups in total. The van der Waals surface area contributed by atoms with Crippen molar-refractivity contribution in [3.8, 4) is 40.3 Å². The molecule has 1 unspecified atom stereocenters. The van der Waals surface area contributed by atoms with Gasteiger partial charge in [0.05, 0.1) is 47.2 Å². The van der Waals surface area contributed by atoms with Crippen molar-refractivity contribution in [2.75, 3.05) is 50.4 Å². The third-order valence-corrected chi connectivity index (χ3v) is 11.5. The van der Waals surface area contributed by atoms with Crippen LogP contribution in [-0.2, 0) is 17.5 Å². The van der Waals surface area contributed by atoms with Gasteiger partial charge in [-0.1, -0.05) is 42.5 Å². The normalized spacial score (nSPS) is 21.0. The van der Waals surface area contributed by atoms with E-state index in [1.807, 2.05) is 42.5 Å². The number of halogens is 5. The molecule has 11 nitrogen and oxygen atoms in total. The summed E-state index contributed by atoms with van der Waals surface area (Å²) in [5.74, 6) is -2.51. The summed E-state index contributed by atoms with van der Waals surface area (Å²) in [6.07, 6.45) is -2.74. The van der Waals surface area contributed by atoms with Crippen molar-refractivity contribution in [3.05, 3.63) is 88.5 Å². The van der Waals surface area contributed by atoms with Gasteiger partial charge < -0.3 is 30.6 Å². The van der Waals surface area contributed by atoms with Gasteiger partial charge in [-0.2, -0.15) is 28.4 Å². The first-order valence-corrected chi connectivity index (χ1v) is 19.6. The summed E-state index contributed by atoms with van der Waals surface area (Å²) < 4.78 is 94.3. The van der Waals surface area contributed by atoms with Crippen LogP contribution in [0.15, 0.2) is 54.6 Å². The largest absolute Gasteiger partial charge is 0.474 e. The summed E-state index contributed by atoms with van der Waals surface area (Å²) in [4.78, 5) is 15.7. The number of ether oxygens (including phenoxy) is 3. The molecule has 3 aromatic carbocycles. The van der Waals surface area contributed by atoms with Gasteiger partial charge in [0.15, 0.2) is 5.82 Å². The molecule has 16 heteroatoms. The fraction of sp³-hybridized carbons (Fsp3) is 0.395. The molecule has 0 amide bonds. The summed E-state index contributed by atoms with van der Waals surface area (Å²) in [7, 11) is 0. The molecule has 5 aromatic rings. The molecule has 59 heavy (non-hydrogen) atoms. The van der Waals surface area contributed by atoms with Crippen LogP contribution in [0.1, 0.15) is 54.9 Å². The van der Waals surface area contributed by atoms with Crippen molar-refractivity contribution >= 4 is 22.4 Å². The second-order valence-electron chi connectivity index (χ2n) is 15.4. The van der Waals surface area contributed by atoms with E-state index in [2.05, 4.69) is 36.6 Å². The quantitative estimate of drug-likeness (QED) is 0.104. The maximum absolute atomic E-state index is 16.9. The SMILES string of the molecule is Cc1c(F)c(N)cc(-c2nc3c4c(nc(OCC56CCCN5C[C@H](OCc5ccc(-c7ccccc7C#N)cc5)C6)nc4c2F)NCCNCC[C@H](C)O3)c1C(F)(F)F. The van der Waals surface area contributed by atoms with Gasteiger partial charge in [-0.15, -0.1) is 0 Å². The fourth-order valence-corrected chi connectivity index (χ4v) is 8.50. The molecule has 2 aromatic heterocycles. The Morgan fingerprint density at radius 3 is 2.61 bits per heavy atom. The molecule has 2 fully saturated rings. The Kier molecular flexibility index (Phi) is 11.0. The molecule has 8 rings (SSSR count). The van der Waals surface area contributed by atoms with E-state index in [-0.39, 0.29) is 41.3 Å². The number of fused-ring (bicyclic) bond motifs is 1. The van der Waals surface area contributed by atoms with Gasteiger partial charge in [-0.3, -0.25) is 4.90 Å². The van der Waals surface area contributed by atoms with Crippen molar-refractivity contribution in [2.24, 2.45) is 0 Å². The van der Waals surface area contributed by atoms with Crippen molar-refractivity contribution in [1.82, 2.24) is 25.2 Å². The summed E-state index contributed by atoms with van der Waals surface area (Å²) in [6.45, 7) is 6.21. The molecule has 3 aliphatic heterocycles. The minimum absolute atomic E-state index is 0.0324. The molecule has 3 atom stereocenters. The van der Waals surface area contributed by atoms with Gasteiger partial charge in [0.2, 0.25) is 5.88 Å². The Hall–Kier alpha value is -5.63. The number of anilines is 2. The molecule has 5 heterocycles. The van der Waals surface area contributed by atoms with E-state index < -0.39 is 57.5 Å². The molecule has 0 saturated carbocycles. The van der Waals surface area contributed by atoms with Crippen LogP contribution in [0.25, 0.3) is 33.3 Å². The molecule has 0 spiro atoms. The number of benzene rings is 3. The molecule has 308 valence electrons. The lowest BCUT2D eigenvalue weighted by Gasteiger charge is -2.31. The van der Waals surface area contributed by atoms with Gasteiger partial charge in [0.25, 0.3) is 0 Å². The van der Waals surface area contributed by atoms with Gasteiger partial charge in [-0.05, 0) is 87.0 Å². The summed E-state index contributed by atoms with van der Waals surface area (Å²) in [5.41, 5.74) is 4.16. The molecule has 3 aliphatic rings. The Labute approximate surface area is 337 Å². The lowest BCUT2D eigenvalue weighted by atomic mass is 9.94. The van der Waals surface area contributed by atoms with Crippen molar-refractivity contribution < 1.29 is 36.2 Å². The van der Waals surface area contributed by atoms with Crippen molar-refractivity contribution in [3.63, 3.8) is 0 Å². The predicted octanol–water partition coefficient (Wildman–Crippen LogP) is 7.79. The lowest BCUT2D eigenvalue weighted by Crippen LogP contribution is -2.43. The number of alkyl halides is 3. The van der Waals surface area contributed by atoms with Crippen LogP contribution in [0.5, 0.6) is 11.9 Å². The maximum atomic E-state index is 16.9. The second kappa shape index (κ2) is 16.2. The lowest BCUT2D eigenvalue weighted by molar-refractivity contribution is -0.137. The molecule has 0 aliphatic carbocycles. The van der Waals surface area contributed by atoms with Crippen molar-refractivity contribution in [2.45, 2.75) is 70.1 Å². The first-order valence-electron chi connectivity index (χ1n) is 19.6. The number of nitrogens with one attached hydrogen (secondary N) is 2. The zero-order chi connectivity index (χ0) is 41.5. The standard InChI is InChI=1S/C43H43F5N8O3/c1-24-12-14-51-15-16-52-39-33-38(36(45)37(53-40(33)59-24)31-18-32(50)35(44)25(2)34(31)43(46,47)48)54-41(55-39)58-23-42-13-5-17-56(42)21-29(19-42)57-22-26-8-10-27(11-9-26)30-7-4-3-6-28(30)20-49/h3-4,6-11,18,24,29,51H,5,12-17,19,21-23,50H2,1-2H3,(H,52,54,55)/t24-,29+,42?/m0/s1. The highest BCUT2D eigenvalue weighted by Crippen LogP contribution is 2.45. The highest BCUT2D eigenvalue weighted by molar-refractivity contribution is 5.96. The Morgan fingerprint density at radius 2 is 1.83 bits per heavy atom. The van der Waals surface area contributed by atoms with Gasteiger partial charge >= 0.3 is 12.2 Å². The van der Waals surface area contributed by atoms with Crippen LogP contribution in [0.3, 0.4) is 0 Å². The summed E-state index contributed by atoms with van der Waals surface area (Å²) in [5, 5.41) is 16.0. The summed E-state index contributed by atoms with van der Waals surface area (Å²) in [6, 6.07) is 18.2. The molecular formula is C43H43F5N8O3. The minimum atomic E-state index is -5.08. The number of nitrogen functional groups attached to an aromatic ring is 1. The Morgan fingerprint density at radius 1 is 1.03 bits per heavy atom. The second-order valence-corrected chi connectivity index (χ2v) is 15.4. The number of nitrogens with two attached hydrogens (primary N) is 1. The third-order valence-electron chi connectivity index (χ3n) is 11.5. The van der Waals surface area contributed by atoms with Crippen LogP contribution in [0.2, 0.25) is 0 Å². The monoisotopic (exact) mass is 814 g/mol. The van der Waals surface area contributed by atoms with E-state index in [4.69, 9.17) is 19.9 Å². The van der Waals surface area contributed by atoms with E-state index in [0.29, 0.717) is 51.2 Å². The van der Waals surface area contributed by atoms with Gasteiger partial charge in [0, 0.05) is 25.2 Å². The molecule has 0 radical (unpaired) electrons. The highest BCUT2D eigenvalue weighted by atomic mass is 19.4. The molecule has 0 bridgehead atoms. The zero-order valence-corrected chi connectivity index (χ0v) is 32.6. The first-order chi connectivity index (χ1) is 28.3. The predicted molar refractivity (Wildman–Crippen MR) is 212 cm³/mol. The van der Waals surface area contributed by atoms with E-state index in [0.717, 1.165) is 49.1 Å². The number of pyridine rings is 1. The van der Waals surface area contributed by atoms with Gasteiger partial charge in [0.1, 0.15) is 34.8 Å². The van der Waals surface area contributed by atoms with Crippen molar-refractivity contribution in [1.29, 1.82) is 5.26 Å². The number of nitrogens with zero attached hydrogens (tertiary/aromatic N) is 5.